The number of hydrogen-bond acceptors (Lipinski definition) is 5. The number of nitrogens with zero attached hydrogens (tertiary/aromatic N) is 2. The van der Waals surface area contributed by atoms with E-state index in [9.17, 15) is 19.6 Å². The molecule has 1 aliphatic rings. The van der Waals surface area contributed by atoms with Gasteiger partial charge in [-0.05, 0) is 50.7 Å². The molecule has 7 nitrogen and oxygen atoms in total. The van der Waals surface area contributed by atoms with E-state index in [1.165, 1.54) is 12.4 Å². The minimum absolute atomic E-state index is 0.186. The minimum Gasteiger partial charge on any atom is -0.491 e. The second-order valence-electron chi connectivity index (χ2n) is 7.13. The zero-order valence-electron chi connectivity index (χ0n) is 16.0. The first-order chi connectivity index (χ1) is 13.5. The van der Waals surface area contributed by atoms with Crippen LogP contribution >= 0.6 is 0 Å². The maximum Gasteiger partial charge on any atom is 0.304 e. The molecule has 0 aliphatic carbocycles. The van der Waals surface area contributed by atoms with Crippen LogP contribution in [0.2, 0.25) is 0 Å². The fourth-order valence-electron chi connectivity index (χ4n) is 3.48. The highest BCUT2D eigenvalue weighted by Gasteiger charge is 2.41. The summed E-state index contributed by atoms with van der Waals surface area (Å²) in [5, 5.41) is 29.7. The number of carbonyl (C=O) groups is 1. The van der Waals surface area contributed by atoms with Gasteiger partial charge in [0.2, 0.25) is 0 Å². The molecule has 0 saturated carbocycles. The summed E-state index contributed by atoms with van der Waals surface area (Å²) < 4.78 is 20.0. The summed E-state index contributed by atoms with van der Waals surface area (Å²) in [6.07, 6.45) is 7.60. The van der Waals surface area contributed by atoms with Crippen LogP contribution in [0.25, 0.3) is 0 Å². The molecule has 28 heavy (non-hydrogen) atoms. The number of carboxylic acids is 1. The molecule has 1 aliphatic heterocycles. The Morgan fingerprint density at radius 1 is 1.11 bits per heavy atom. The summed E-state index contributed by atoms with van der Waals surface area (Å²) in [4.78, 5) is 10.5. The predicted octanol–water partition coefficient (Wildman–Crippen LogP) is 3.67. The molecular weight excluding hydrogens is 367 g/mol. The molecule has 0 amide bonds. The van der Waals surface area contributed by atoms with Gasteiger partial charge in [0.1, 0.15) is 0 Å². The topological polar surface area (TPSA) is 93.2 Å². The zero-order chi connectivity index (χ0) is 20.4. The number of unbranched alkanes of at least 4 members (excludes halogenated alkanes) is 4. The van der Waals surface area contributed by atoms with Gasteiger partial charge >= 0.3 is 12.3 Å². The lowest BCUT2D eigenvalue weighted by atomic mass is 9.97. The van der Waals surface area contributed by atoms with E-state index in [-0.39, 0.29) is 30.1 Å². The highest BCUT2D eigenvalue weighted by atomic mass is 19.1. The molecule has 1 heterocycles. The fourth-order valence-corrected chi connectivity index (χ4v) is 3.48. The molecule has 0 spiro atoms. The average Bonchev–Trinajstić information content (AvgIpc) is 2.92. The molecule has 1 aromatic rings. The standard InChI is InChI=1S/C20H29FN2O5/c21-16-9-5-6-12-19(16)28-14-8-7-11-18-17(22(26)15-23(18)27)10-3-1-2-4-13-20(24)25/h5-6,9,12,15,17-18H,1-4,7-8,10-11,13-14H2,(H2-,24,25,26,27)/p+1. The van der Waals surface area contributed by atoms with Crippen LogP contribution in [0.5, 0.6) is 5.75 Å². The molecule has 0 fully saturated rings. The van der Waals surface area contributed by atoms with E-state index in [4.69, 9.17) is 9.84 Å². The van der Waals surface area contributed by atoms with Gasteiger partial charge in [0, 0.05) is 6.42 Å². The summed E-state index contributed by atoms with van der Waals surface area (Å²) in [5.41, 5.74) is 0. The van der Waals surface area contributed by atoms with Gasteiger partial charge in [-0.2, -0.15) is 0 Å². The SMILES string of the molecule is O=C(O)CCCCCCC1C(CCCCOc2ccccc2F)[N+](O)=CN1O. The van der Waals surface area contributed by atoms with Gasteiger partial charge in [-0.3, -0.25) is 4.79 Å². The maximum absolute atomic E-state index is 13.5. The van der Waals surface area contributed by atoms with E-state index in [0.29, 0.717) is 32.3 Å². The second-order valence-corrected chi connectivity index (χ2v) is 7.13. The highest BCUT2D eigenvalue weighted by molar-refractivity contribution is 5.66. The molecule has 0 bridgehead atoms. The summed E-state index contributed by atoms with van der Waals surface area (Å²) in [5.74, 6) is -0.918. The first kappa shape index (κ1) is 21.9. The molecule has 0 saturated heterocycles. The van der Waals surface area contributed by atoms with Crippen molar-refractivity contribution in [3.05, 3.63) is 30.1 Å². The van der Waals surface area contributed by atoms with Crippen molar-refractivity contribution in [2.24, 2.45) is 0 Å². The van der Waals surface area contributed by atoms with E-state index < -0.39 is 5.97 Å². The molecule has 1 aromatic carbocycles. The number of hydrogen-bond donors (Lipinski definition) is 3. The van der Waals surface area contributed by atoms with Crippen LogP contribution in [0.3, 0.4) is 0 Å². The first-order valence-corrected chi connectivity index (χ1v) is 9.87. The van der Waals surface area contributed by atoms with Crippen molar-refractivity contribution in [1.29, 1.82) is 0 Å². The van der Waals surface area contributed by atoms with E-state index in [1.54, 1.807) is 18.2 Å². The van der Waals surface area contributed by atoms with Crippen molar-refractivity contribution in [1.82, 2.24) is 5.06 Å². The van der Waals surface area contributed by atoms with Crippen LogP contribution in [0.1, 0.15) is 57.8 Å². The Balaban J connectivity index is 1.66. The highest BCUT2D eigenvalue weighted by Crippen LogP contribution is 2.22. The Hall–Kier alpha value is -2.35. The Morgan fingerprint density at radius 2 is 1.82 bits per heavy atom. The number of halogens is 1. The third-order valence-corrected chi connectivity index (χ3v) is 4.99. The average molecular weight is 397 g/mol. The van der Waals surface area contributed by atoms with E-state index in [2.05, 4.69) is 0 Å². The first-order valence-electron chi connectivity index (χ1n) is 9.87. The van der Waals surface area contributed by atoms with Crippen LogP contribution in [0.4, 0.5) is 4.39 Å². The van der Waals surface area contributed by atoms with E-state index in [1.807, 2.05) is 0 Å². The Labute approximate surface area is 164 Å². The van der Waals surface area contributed by atoms with Crippen molar-refractivity contribution in [2.75, 3.05) is 6.61 Å². The van der Waals surface area contributed by atoms with Gasteiger partial charge in [0.05, 0.1) is 6.61 Å². The Morgan fingerprint density at radius 3 is 2.57 bits per heavy atom. The molecule has 156 valence electrons. The monoisotopic (exact) mass is 397 g/mol. The normalized spacial score (nSPS) is 18.9. The number of carboxylic acid groups (broad SMARTS) is 1. The number of rotatable bonds is 13. The second kappa shape index (κ2) is 11.5. The quantitative estimate of drug-likeness (QED) is 0.267. The molecule has 8 heteroatoms. The van der Waals surface area contributed by atoms with Crippen molar-refractivity contribution in [3.8, 4) is 5.75 Å². The molecular formula is C20H30FN2O5+. The van der Waals surface area contributed by atoms with Gasteiger partial charge < -0.3 is 15.1 Å². The zero-order valence-corrected chi connectivity index (χ0v) is 16.0. The van der Waals surface area contributed by atoms with Crippen LogP contribution in [-0.2, 0) is 4.79 Å². The van der Waals surface area contributed by atoms with E-state index in [0.717, 1.165) is 35.5 Å². The fraction of sp³-hybridized carbons (Fsp3) is 0.600. The third-order valence-electron chi connectivity index (χ3n) is 4.99. The van der Waals surface area contributed by atoms with Crippen molar-refractivity contribution in [2.45, 2.75) is 69.9 Å². The van der Waals surface area contributed by atoms with Crippen LogP contribution in [0, 0.1) is 5.82 Å². The summed E-state index contributed by atoms with van der Waals surface area (Å²) in [6, 6.07) is 5.87. The van der Waals surface area contributed by atoms with Crippen molar-refractivity contribution >= 4 is 12.3 Å². The number of benzene rings is 1. The molecule has 3 N–H and O–H groups in total. The van der Waals surface area contributed by atoms with Crippen molar-refractivity contribution in [3.63, 3.8) is 0 Å². The van der Waals surface area contributed by atoms with Gasteiger partial charge in [0.15, 0.2) is 23.7 Å². The third kappa shape index (κ3) is 6.99. The van der Waals surface area contributed by atoms with Crippen molar-refractivity contribution < 1.29 is 34.2 Å². The van der Waals surface area contributed by atoms with Gasteiger partial charge in [0.25, 0.3) is 0 Å². The molecule has 2 atom stereocenters. The van der Waals surface area contributed by atoms with Gasteiger partial charge in [-0.25, -0.2) is 9.60 Å². The Bertz CT molecular complexity index is 655. The van der Waals surface area contributed by atoms with Crippen LogP contribution < -0.4 is 4.74 Å². The number of para-hydroxylation sites is 1. The summed E-state index contributed by atoms with van der Waals surface area (Å²) in [6.45, 7) is 0.389. The molecule has 2 rings (SSSR count). The van der Waals surface area contributed by atoms with Crippen LogP contribution in [0.15, 0.2) is 24.3 Å². The summed E-state index contributed by atoms with van der Waals surface area (Å²) in [7, 11) is 0. The largest absolute Gasteiger partial charge is 0.491 e. The van der Waals surface area contributed by atoms with Gasteiger partial charge in [-0.1, -0.05) is 29.7 Å². The number of ether oxygens (including phenoxy) is 1. The summed E-state index contributed by atoms with van der Waals surface area (Å²) >= 11 is 0. The molecule has 0 radical (unpaired) electrons. The lowest BCUT2D eigenvalue weighted by Crippen LogP contribution is -2.36. The lowest BCUT2D eigenvalue weighted by Gasteiger charge is -2.17. The van der Waals surface area contributed by atoms with Crippen LogP contribution in [-0.4, -0.2) is 56.3 Å². The smallest absolute Gasteiger partial charge is 0.304 e. The maximum atomic E-state index is 13.5. The van der Waals surface area contributed by atoms with E-state index >= 15 is 0 Å². The molecule has 0 aromatic heterocycles. The predicted molar refractivity (Wildman–Crippen MR) is 100 cm³/mol. The van der Waals surface area contributed by atoms with Gasteiger partial charge in [-0.15, -0.1) is 5.06 Å². The minimum atomic E-state index is -0.776. The molecule has 2 unspecified atom stereocenters. The Kier molecular flexibility index (Phi) is 9.00. The lowest BCUT2D eigenvalue weighted by molar-refractivity contribution is -0.792. The number of hydroxylamine groups is 3. The number of aliphatic carboxylic acids is 1.